The third kappa shape index (κ3) is 3.25. The first kappa shape index (κ1) is 15.3. The zero-order valence-corrected chi connectivity index (χ0v) is 12.5. The molecule has 2 aromatic carbocycles. The van der Waals surface area contributed by atoms with E-state index in [1.54, 1.807) is 55.1 Å². The Kier molecular flexibility index (Phi) is 4.24. The van der Waals surface area contributed by atoms with Crippen LogP contribution in [0.1, 0.15) is 20.7 Å². The number of hydrogen-bond donors (Lipinski definition) is 3. The summed E-state index contributed by atoms with van der Waals surface area (Å²) in [4.78, 5) is 27.9. The first-order chi connectivity index (χ1) is 11.6. The molecule has 0 radical (unpaired) electrons. The molecule has 24 heavy (non-hydrogen) atoms. The third-order valence-electron chi connectivity index (χ3n) is 3.37. The maximum atomic E-state index is 12.1. The lowest BCUT2D eigenvalue weighted by Crippen LogP contribution is -2.41. The van der Waals surface area contributed by atoms with Crippen molar-refractivity contribution in [2.75, 3.05) is 0 Å². The smallest absolute Gasteiger partial charge is 0.273 e. The molecule has 0 aliphatic heterocycles. The van der Waals surface area contributed by atoms with Crippen molar-refractivity contribution in [1.82, 2.24) is 20.4 Å². The van der Waals surface area contributed by atoms with Gasteiger partial charge in [0.15, 0.2) is 0 Å². The topological polar surface area (TPSA) is 96.3 Å². The summed E-state index contributed by atoms with van der Waals surface area (Å²) >= 11 is 0. The van der Waals surface area contributed by atoms with Crippen molar-refractivity contribution < 1.29 is 14.7 Å². The highest BCUT2D eigenvalue weighted by molar-refractivity contribution is 6.00. The molecule has 0 spiro atoms. The van der Waals surface area contributed by atoms with E-state index in [1.165, 1.54) is 12.1 Å². The van der Waals surface area contributed by atoms with Gasteiger partial charge in [0.05, 0.1) is 11.9 Å². The Bertz CT molecular complexity index is 858. The molecule has 0 unspecified atom stereocenters. The van der Waals surface area contributed by atoms with E-state index in [4.69, 9.17) is 0 Å². The monoisotopic (exact) mass is 322 g/mol. The van der Waals surface area contributed by atoms with Crippen molar-refractivity contribution >= 4 is 11.8 Å². The number of hydrogen-bond acceptors (Lipinski definition) is 4. The summed E-state index contributed by atoms with van der Waals surface area (Å²) in [6, 6.07) is 12.9. The molecule has 0 fully saturated rings. The number of hydrazine groups is 1. The van der Waals surface area contributed by atoms with Crippen LogP contribution in [-0.2, 0) is 0 Å². The van der Waals surface area contributed by atoms with Crippen LogP contribution < -0.4 is 10.9 Å². The lowest BCUT2D eigenvalue weighted by atomic mass is 10.2. The average molecular weight is 322 g/mol. The predicted octanol–water partition coefficient (Wildman–Crippen LogP) is 1.65. The van der Waals surface area contributed by atoms with Gasteiger partial charge in [0.25, 0.3) is 11.8 Å². The Balaban J connectivity index is 1.63. The average Bonchev–Trinajstić information content (AvgIpc) is 3.14. The van der Waals surface area contributed by atoms with E-state index in [-0.39, 0.29) is 11.3 Å². The molecule has 3 N–H and O–H groups in total. The highest BCUT2D eigenvalue weighted by Crippen LogP contribution is 2.14. The second-order valence-corrected chi connectivity index (χ2v) is 4.94. The van der Waals surface area contributed by atoms with E-state index in [9.17, 15) is 14.7 Å². The summed E-state index contributed by atoms with van der Waals surface area (Å²) < 4.78 is 1.81. The van der Waals surface area contributed by atoms with E-state index in [2.05, 4.69) is 15.8 Å². The van der Waals surface area contributed by atoms with Gasteiger partial charge >= 0.3 is 0 Å². The maximum absolute atomic E-state index is 12.1. The maximum Gasteiger partial charge on any atom is 0.273 e. The van der Waals surface area contributed by atoms with Crippen molar-refractivity contribution in [2.45, 2.75) is 0 Å². The van der Waals surface area contributed by atoms with Crippen molar-refractivity contribution in [3.8, 4) is 11.4 Å². The zero-order valence-electron chi connectivity index (χ0n) is 12.5. The SMILES string of the molecule is O=C(NNC(=O)c1ccccc1O)c1ccc(-n2ccnc2)cc1. The normalized spacial score (nSPS) is 10.2. The molecule has 2 amide bonds. The number of aromatic nitrogens is 2. The standard InChI is InChI=1S/C17H14N4O3/c22-15-4-2-1-3-14(15)17(24)20-19-16(23)12-5-7-13(8-6-12)21-10-9-18-11-21/h1-11,22H,(H,19,23)(H,20,24). The summed E-state index contributed by atoms with van der Waals surface area (Å²) in [5.74, 6) is -1.22. The van der Waals surface area contributed by atoms with Crippen molar-refractivity contribution in [2.24, 2.45) is 0 Å². The van der Waals surface area contributed by atoms with Gasteiger partial charge < -0.3 is 9.67 Å². The number of carbonyl (C=O) groups excluding carboxylic acids is 2. The number of rotatable bonds is 3. The van der Waals surface area contributed by atoms with E-state index in [1.807, 2.05) is 4.57 Å². The molecule has 0 aliphatic carbocycles. The quantitative estimate of drug-likeness (QED) is 0.639. The second kappa shape index (κ2) is 6.66. The van der Waals surface area contributed by atoms with Gasteiger partial charge in [-0.25, -0.2) is 4.98 Å². The number of carbonyl (C=O) groups is 2. The lowest BCUT2D eigenvalue weighted by Gasteiger charge is -2.09. The minimum Gasteiger partial charge on any atom is -0.507 e. The van der Waals surface area contributed by atoms with Crippen molar-refractivity contribution in [3.05, 3.63) is 78.4 Å². The summed E-state index contributed by atoms with van der Waals surface area (Å²) in [6.07, 6.45) is 5.11. The highest BCUT2D eigenvalue weighted by atomic mass is 16.3. The molecule has 7 heteroatoms. The van der Waals surface area contributed by atoms with Crippen LogP contribution in [0.2, 0.25) is 0 Å². The van der Waals surface area contributed by atoms with E-state index >= 15 is 0 Å². The van der Waals surface area contributed by atoms with Gasteiger partial charge in [-0.2, -0.15) is 0 Å². The number of phenols is 1. The van der Waals surface area contributed by atoms with Crippen LogP contribution in [-0.4, -0.2) is 26.5 Å². The van der Waals surface area contributed by atoms with Gasteiger partial charge in [0.2, 0.25) is 0 Å². The van der Waals surface area contributed by atoms with Gasteiger partial charge in [-0.1, -0.05) is 12.1 Å². The molecule has 0 saturated carbocycles. The lowest BCUT2D eigenvalue weighted by molar-refractivity contribution is 0.0845. The fourth-order valence-corrected chi connectivity index (χ4v) is 2.12. The number of nitrogens with zero attached hydrogens (tertiary/aromatic N) is 2. The van der Waals surface area contributed by atoms with Crippen LogP contribution in [0.4, 0.5) is 0 Å². The molecule has 7 nitrogen and oxygen atoms in total. The Hall–Kier alpha value is -3.61. The van der Waals surface area contributed by atoms with Crippen LogP contribution in [0.15, 0.2) is 67.3 Å². The fourth-order valence-electron chi connectivity index (χ4n) is 2.12. The van der Waals surface area contributed by atoms with E-state index in [0.717, 1.165) is 5.69 Å². The number of para-hydroxylation sites is 1. The third-order valence-corrected chi connectivity index (χ3v) is 3.37. The molecule has 1 aromatic heterocycles. The number of amides is 2. The van der Waals surface area contributed by atoms with Gasteiger partial charge in [0, 0.05) is 23.6 Å². The zero-order chi connectivity index (χ0) is 16.9. The van der Waals surface area contributed by atoms with Crippen LogP contribution >= 0.6 is 0 Å². The molecule has 1 heterocycles. The Morgan fingerprint density at radius 3 is 2.33 bits per heavy atom. The number of phenolic OH excluding ortho intramolecular Hbond substituents is 1. The molecule has 0 saturated heterocycles. The first-order valence-corrected chi connectivity index (χ1v) is 7.12. The largest absolute Gasteiger partial charge is 0.507 e. The highest BCUT2D eigenvalue weighted by Gasteiger charge is 2.12. The molecule has 0 aliphatic rings. The van der Waals surface area contributed by atoms with Crippen molar-refractivity contribution in [1.29, 1.82) is 0 Å². The number of imidazole rings is 1. The Labute approximate surface area is 137 Å². The number of aromatic hydroxyl groups is 1. The van der Waals surface area contributed by atoms with Crippen LogP contribution in [0.5, 0.6) is 5.75 Å². The number of nitrogens with one attached hydrogen (secondary N) is 2. The van der Waals surface area contributed by atoms with E-state index in [0.29, 0.717) is 5.56 Å². The van der Waals surface area contributed by atoms with E-state index < -0.39 is 11.8 Å². The molecular weight excluding hydrogens is 308 g/mol. The minimum absolute atomic E-state index is 0.0771. The van der Waals surface area contributed by atoms with Crippen molar-refractivity contribution in [3.63, 3.8) is 0 Å². The molecular formula is C17H14N4O3. The van der Waals surface area contributed by atoms with Gasteiger partial charge in [-0.3, -0.25) is 20.4 Å². The summed E-state index contributed by atoms with van der Waals surface area (Å²) in [5, 5.41) is 9.60. The van der Waals surface area contributed by atoms with Gasteiger partial charge in [0.1, 0.15) is 5.75 Å². The molecule has 3 rings (SSSR count). The molecule has 0 atom stereocenters. The van der Waals surface area contributed by atoms with Crippen LogP contribution in [0.25, 0.3) is 5.69 Å². The Morgan fingerprint density at radius 2 is 1.67 bits per heavy atom. The van der Waals surface area contributed by atoms with Gasteiger partial charge in [-0.15, -0.1) is 0 Å². The van der Waals surface area contributed by atoms with Crippen LogP contribution in [0.3, 0.4) is 0 Å². The molecule has 3 aromatic rings. The second-order valence-electron chi connectivity index (χ2n) is 4.94. The summed E-state index contributed by atoms with van der Waals surface area (Å²) in [7, 11) is 0. The first-order valence-electron chi connectivity index (χ1n) is 7.12. The minimum atomic E-state index is -0.600. The molecule has 0 bridgehead atoms. The fraction of sp³-hybridized carbons (Fsp3) is 0. The summed E-state index contributed by atoms with van der Waals surface area (Å²) in [5.41, 5.74) is 5.90. The summed E-state index contributed by atoms with van der Waals surface area (Å²) in [6.45, 7) is 0. The predicted molar refractivity (Wildman–Crippen MR) is 86.6 cm³/mol. The Morgan fingerprint density at radius 1 is 0.958 bits per heavy atom. The number of benzene rings is 2. The van der Waals surface area contributed by atoms with Gasteiger partial charge in [-0.05, 0) is 36.4 Å². The molecule has 120 valence electrons. The van der Waals surface area contributed by atoms with Crippen LogP contribution in [0, 0.1) is 0 Å².